The number of aliphatic hydroxyl groups is 1. The van der Waals surface area contributed by atoms with Gasteiger partial charge in [-0.05, 0) is 34.2 Å². The molecule has 0 fully saturated rings. The third kappa shape index (κ3) is 6.86. The van der Waals surface area contributed by atoms with Crippen LogP contribution in [0.15, 0.2) is 6.20 Å². The molecule has 0 aromatic carbocycles. The second kappa shape index (κ2) is 8.70. The summed E-state index contributed by atoms with van der Waals surface area (Å²) < 4.78 is 7.07. The van der Waals surface area contributed by atoms with Crippen LogP contribution in [0, 0.1) is 0 Å². The van der Waals surface area contributed by atoms with Crippen molar-refractivity contribution in [3.8, 4) is 0 Å². The van der Waals surface area contributed by atoms with Crippen LogP contribution in [0.2, 0.25) is 0 Å². The van der Waals surface area contributed by atoms with E-state index in [0.717, 1.165) is 5.69 Å². The average molecular weight is 313 g/mol. The van der Waals surface area contributed by atoms with Crippen molar-refractivity contribution in [1.82, 2.24) is 25.2 Å². The summed E-state index contributed by atoms with van der Waals surface area (Å²) >= 11 is 0. The summed E-state index contributed by atoms with van der Waals surface area (Å²) in [6, 6.07) is 0. The number of amides is 1. The molecule has 8 nitrogen and oxygen atoms in total. The summed E-state index contributed by atoms with van der Waals surface area (Å²) in [4.78, 5) is 13.5. The molecule has 0 aliphatic rings. The standard InChI is InChI=1S/C14H27N5O3/c1-14(2,3)22-13(21)18(8-9-20)6-5-7-19-11-12(10-15-4)16-17-19/h11,15,20H,5-10H2,1-4H3. The molecule has 1 amide bonds. The molecule has 0 aliphatic carbocycles. The average Bonchev–Trinajstić information content (AvgIpc) is 2.84. The highest BCUT2D eigenvalue weighted by Crippen LogP contribution is 2.10. The Balaban J connectivity index is 2.44. The van der Waals surface area contributed by atoms with E-state index in [9.17, 15) is 4.79 Å². The number of carbonyl (C=O) groups is 1. The molecule has 1 aromatic rings. The lowest BCUT2D eigenvalue weighted by Crippen LogP contribution is -2.39. The van der Waals surface area contributed by atoms with E-state index in [4.69, 9.17) is 9.84 Å². The number of aryl methyl sites for hydroxylation is 1. The van der Waals surface area contributed by atoms with Crippen LogP contribution < -0.4 is 5.32 Å². The molecule has 22 heavy (non-hydrogen) atoms. The molecule has 8 heteroatoms. The van der Waals surface area contributed by atoms with Gasteiger partial charge in [0.25, 0.3) is 0 Å². The summed E-state index contributed by atoms with van der Waals surface area (Å²) in [5, 5.41) is 20.1. The lowest BCUT2D eigenvalue weighted by Gasteiger charge is -2.26. The van der Waals surface area contributed by atoms with Gasteiger partial charge in [-0.25, -0.2) is 4.79 Å². The zero-order valence-corrected chi connectivity index (χ0v) is 13.9. The molecule has 126 valence electrons. The van der Waals surface area contributed by atoms with Gasteiger partial charge in [0.05, 0.1) is 12.3 Å². The van der Waals surface area contributed by atoms with E-state index in [1.807, 2.05) is 34.0 Å². The zero-order valence-electron chi connectivity index (χ0n) is 13.9. The van der Waals surface area contributed by atoms with Crippen LogP contribution in [0.25, 0.3) is 0 Å². The molecular formula is C14H27N5O3. The number of aromatic nitrogens is 3. The first kappa shape index (κ1) is 18.4. The summed E-state index contributed by atoms with van der Waals surface area (Å²) in [5.41, 5.74) is 0.334. The highest BCUT2D eigenvalue weighted by Gasteiger charge is 2.21. The van der Waals surface area contributed by atoms with Gasteiger partial charge in [0.1, 0.15) is 5.60 Å². The summed E-state index contributed by atoms with van der Waals surface area (Å²) in [6.07, 6.45) is 2.18. The van der Waals surface area contributed by atoms with E-state index in [1.165, 1.54) is 4.90 Å². The minimum absolute atomic E-state index is 0.0884. The predicted molar refractivity (Wildman–Crippen MR) is 82.3 cm³/mol. The largest absolute Gasteiger partial charge is 0.444 e. The number of rotatable bonds is 8. The van der Waals surface area contributed by atoms with Crippen LogP contribution in [0.1, 0.15) is 32.9 Å². The molecule has 0 atom stereocenters. The number of hydrogen-bond donors (Lipinski definition) is 2. The molecule has 1 rings (SSSR count). The van der Waals surface area contributed by atoms with E-state index in [2.05, 4.69) is 15.6 Å². The monoisotopic (exact) mass is 313 g/mol. The molecule has 1 heterocycles. The van der Waals surface area contributed by atoms with Gasteiger partial charge in [-0.2, -0.15) is 0 Å². The molecule has 0 spiro atoms. The highest BCUT2D eigenvalue weighted by atomic mass is 16.6. The molecule has 0 aliphatic heterocycles. The smallest absolute Gasteiger partial charge is 0.410 e. The van der Waals surface area contributed by atoms with E-state index < -0.39 is 11.7 Å². The van der Waals surface area contributed by atoms with Gasteiger partial charge in [-0.3, -0.25) is 4.68 Å². The van der Waals surface area contributed by atoms with Crippen LogP contribution in [-0.4, -0.2) is 63.4 Å². The van der Waals surface area contributed by atoms with Crippen molar-refractivity contribution < 1.29 is 14.6 Å². The topological polar surface area (TPSA) is 92.5 Å². The van der Waals surface area contributed by atoms with Gasteiger partial charge >= 0.3 is 6.09 Å². The van der Waals surface area contributed by atoms with Crippen LogP contribution in [0.3, 0.4) is 0 Å². The Kier molecular flexibility index (Phi) is 7.26. The van der Waals surface area contributed by atoms with Gasteiger partial charge in [-0.1, -0.05) is 5.21 Å². The van der Waals surface area contributed by atoms with Gasteiger partial charge in [0.2, 0.25) is 0 Å². The SMILES string of the molecule is CNCc1cn(CCCN(CCO)C(=O)OC(C)(C)C)nn1. The second-order valence-electron chi connectivity index (χ2n) is 6.05. The predicted octanol–water partition coefficient (Wildman–Crippen LogP) is 0.617. The number of hydrogen-bond acceptors (Lipinski definition) is 6. The first-order valence-electron chi connectivity index (χ1n) is 7.48. The molecule has 0 saturated carbocycles. The normalized spacial score (nSPS) is 11.5. The van der Waals surface area contributed by atoms with E-state index in [0.29, 0.717) is 26.1 Å². The first-order chi connectivity index (χ1) is 10.4. The lowest BCUT2D eigenvalue weighted by molar-refractivity contribution is 0.0214. The Hall–Kier alpha value is -1.67. The molecule has 0 unspecified atom stereocenters. The Bertz CT molecular complexity index is 456. The Morgan fingerprint density at radius 3 is 2.77 bits per heavy atom. The number of ether oxygens (including phenoxy) is 1. The molecule has 0 bridgehead atoms. The number of nitrogens with one attached hydrogen (secondary N) is 1. The fourth-order valence-corrected chi connectivity index (χ4v) is 1.88. The van der Waals surface area contributed by atoms with Crippen molar-refractivity contribution in [2.75, 3.05) is 26.7 Å². The maximum absolute atomic E-state index is 12.0. The number of carbonyl (C=O) groups excluding carboxylic acids is 1. The van der Waals surface area contributed by atoms with Crippen molar-refractivity contribution in [2.45, 2.75) is 45.9 Å². The van der Waals surface area contributed by atoms with Crippen molar-refractivity contribution in [1.29, 1.82) is 0 Å². The summed E-state index contributed by atoms with van der Waals surface area (Å²) in [6.45, 7) is 7.46. The van der Waals surface area contributed by atoms with Crippen molar-refractivity contribution in [2.24, 2.45) is 0 Å². The zero-order chi connectivity index (χ0) is 16.6. The van der Waals surface area contributed by atoms with Crippen LogP contribution in [-0.2, 0) is 17.8 Å². The fourth-order valence-electron chi connectivity index (χ4n) is 1.88. The molecule has 0 saturated heterocycles. The minimum atomic E-state index is -0.543. The summed E-state index contributed by atoms with van der Waals surface area (Å²) in [5.74, 6) is 0. The lowest BCUT2D eigenvalue weighted by atomic mass is 10.2. The van der Waals surface area contributed by atoms with Crippen molar-refractivity contribution >= 4 is 6.09 Å². The quantitative estimate of drug-likeness (QED) is 0.731. The van der Waals surface area contributed by atoms with Gasteiger partial charge < -0.3 is 20.1 Å². The Morgan fingerprint density at radius 1 is 1.45 bits per heavy atom. The Morgan fingerprint density at radius 2 is 2.18 bits per heavy atom. The maximum Gasteiger partial charge on any atom is 0.410 e. The van der Waals surface area contributed by atoms with Crippen molar-refractivity contribution in [3.05, 3.63) is 11.9 Å². The van der Waals surface area contributed by atoms with E-state index in [-0.39, 0.29) is 13.2 Å². The fraction of sp³-hybridized carbons (Fsp3) is 0.786. The first-order valence-corrected chi connectivity index (χ1v) is 7.48. The molecular weight excluding hydrogens is 286 g/mol. The number of nitrogens with zero attached hydrogens (tertiary/aromatic N) is 4. The van der Waals surface area contributed by atoms with E-state index >= 15 is 0 Å². The van der Waals surface area contributed by atoms with Gasteiger partial charge in [0, 0.05) is 32.4 Å². The maximum atomic E-state index is 12.0. The Labute approximate surface area is 131 Å². The second-order valence-corrected chi connectivity index (χ2v) is 6.05. The molecule has 1 aromatic heterocycles. The highest BCUT2D eigenvalue weighted by molar-refractivity contribution is 5.68. The van der Waals surface area contributed by atoms with Crippen molar-refractivity contribution in [3.63, 3.8) is 0 Å². The van der Waals surface area contributed by atoms with E-state index in [1.54, 1.807) is 4.68 Å². The van der Waals surface area contributed by atoms with Crippen LogP contribution in [0.5, 0.6) is 0 Å². The number of aliphatic hydroxyl groups excluding tert-OH is 1. The third-order valence-electron chi connectivity index (χ3n) is 2.78. The summed E-state index contributed by atoms with van der Waals surface area (Å²) in [7, 11) is 1.85. The third-order valence-corrected chi connectivity index (χ3v) is 2.78. The molecule has 2 N–H and O–H groups in total. The molecule has 0 radical (unpaired) electrons. The van der Waals surface area contributed by atoms with Gasteiger partial charge in [0.15, 0.2) is 0 Å². The van der Waals surface area contributed by atoms with Crippen LogP contribution >= 0.6 is 0 Å². The minimum Gasteiger partial charge on any atom is -0.444 e. The van der Waals surface area contributed by atoms with Gasteiger partial charge in [-0.15, -0.1) is 5.10 Å². The van der Waals surface area contributed by atoms with Crippen LogP contribution in [0.4, 0.5) is 4.79 Å².